The van der Waals surface area contributed by atoms with Gasteiger partial charge in [0.05, 0.1) is 16.4 Å². The van der Waals surface area contributed by atoms with Crippen molar-refractivity contribution in [2.75, 3.05) is 24.2 Å². The van der Waals surface area contributed by atoms with E-state index in [1.807, 2.05) is 11.9 Å². The smallest absolute Gasteiger partial charge is 0.143 e. The molecule has 0 radical (unpaired) electrons. The molecule has 0 aromatic heterocycles. The maximum absolute atomic E-state index is 13.0. The summed E-state index contributed by atoms with van der Waals surface area (Å²) in [5.74, 6) is -0.500. The molecule has 0 fully saturated rings. The molecule has 0 amide bonds. The number of halogens is 2. The monoisotopic (exact) mass is 214 g/mol. The maximum atomic E-state index is 13.0. The number of rotatable bonds is 3. The molecule has 0 aliphatic heterocycles. The Labute approximate surface area is 87.8 Å². The predicted molar refractivity (Wildman–Crippen MR) is 59.3 cm³/mol. The van der Waals surface area contributed by atoms with Crippen molar-refractivity contribution in [2.24, 2.45) is 0 Å². The largest absolute Gasteiger partial charge is 0.397 e. The third-order valence-electron chi connectivity index (χ3n) is 1.88. The van der Waals surface area contributed by atoms with Crippen LogP contribution in [0.1, 0.15) is 0 Å². The highest BCUT2D eigenvalue weighted by Gasteiger charge is 2.08. The second-order valence-electron chi connectivity index (χ2n) is 2.99. The van der Waals surface area contributed by atoms with E-state index in [0.29, 0.717) is 17.9 Å². The first-order chi connectivity index (χ1) is 6.56. The van der Waals surface area contributed by atoms with Crippen molar-refractivity contribution < 1.29 is 4.39 Å². The van der Waals surface area contributed by atoms with Crippen molar-refractivity contribution in [3.63, 3.8) is 0 Å². The normalized spacial score (nSPS) is 9.93. The SMILES string of the molecule is C=CCN(C)c1cc(Cl)c(F)cc1N. The zero-order chi connectivity index (χ0) is 10.7. The van der Waals surface area contributed by atoms with Gasteiger partial charge < -0.3 is 10.6 Å². The van der Waals surface area contributed by atoms with Gasteiger partial charge in [-0.1, -0.05) is 17.7 Å². The Morgan fingerprint density at radius 2 is 2.29 bits per heavy atom. The van der Waals surface area contributed by atoms with Gasteiger partial charge in [-0.15, -0.1) is 6.58 Å². The highest BCUT2D eigenvalue weighted by molar-refractivity contribution is 6.31. The Balaban J connectivity index is 3.08. The van der Waals surface area contributed by atoms with Gasteiger partial charge in [0.25, 0.3) is 0 Å². The Bertz CT molecular complexity index is 352. The third-order valence-corrected chi connectivity index (χ3v) is 2.17. The number of hydrogen-bond donors (Lipinski definition) is 1. The molecule has 2 nitrogen and oxygen atoms in total. The second-order valence-corrected chi connectivity index (χ2v) is 3.40. The average molecular weight is 215 g/mol. The number of likely N-dealkylation sites (N-methyl/N-ethyl adjacent to an activating group) is 1. The van der Waals surface area contributed by atoms with Crippen LogP contribution in [0.15, 0.2) is 24.8 Å². The van der Waals surface area contributed by atoms with Gasteiger partial charge in [0, 0.05) is 19.7 Å². The average Bonchev–Trinajstić information content (AvgIpc) is 2.11. The summed E-state index contributed by atoms with van der Waals surface area (Å²) in [5.41, 5.74) is 6.72. The van der Waals surface area contributed by atoms with Crippen LogP contribution in [0.2, 0.25) is 5.02 Å². The van der Waals surface area contributed by atoms with Crippen LogP contribution in [-0.4, -0.2) is 13.6 Å². The highest BCUT2D eigenvalue weighted by Crippen LogP contribution is 2.28. The fraction of sp³-hybridized carbons (Fsp3) is 0.200. The molecule has 0 spiro atoms. The minimum absolute atomic E-state index is 0.0742. The molecule has 0 aliphatic rings. The lowest BCUT2D eigenvalue weighted by atomic mass is 10.2. The minimum Gasteiger partial charge on any atom is -0.397 e. The van der Waals surface area contributed by atoms with Crippen LogP contribution in [0.25, 0.3) is 0 Å². The van der Waals surface area contributed by atoms with Crippen molar-refractivity contribution >= 4 is 23.0 Å². The fourth-order valence-corrected chi connectivity index (χ4v) is 1.33. The molecule has 0 unspecified atom stereocenters. The molecule has 0 atom stereocenters. The van der Waals surface area contributed by atoms with Crippen molar-refractivity contribution in [1.29, 1.82) is 0 Å². The van der Waals surface area contributed by atoms with E-state index in [1.54, 1.807) is 6.08 Å². The van der Waals surface area contributed by atoms with E-state index < -0.39 is 5.82 Å². The third kappa shape index (κ3) is 2.17. The standard InChI is InChI=1S/C10H12ClFN2/c1-3-4-14(2)10-5-7(11)8(12)6-9(10)13/h3,5-6H,1,4,13H2,2H3. The van der Waals surface area contributed by atoms with Crippen LogP contribution >= 0.6 is 11.6 Å². The number of nitrogens with zero attached hydrogens (tertiary/aromatic N) is 1. The van der Waals surface area contributed by atoms with Crippen LogP contribution in [0, 0.1) is 5.82 Å². The first-order valence-corrected chi connectivity index (χ1v) is 4.50. The van der Waals surface area contributed by atoms with Gasteiger partial charge in [-0.25, -0.2) is 4.39 Å². The Kier molecular flexibility index (Phi) is 3.36. The molecule has 1 aromatic rings. The molecular weight excluding hydrogens is 203 g/mol. The lowest BCUT2D eigenvalue weighted by molar-refractivity contribution is 0.629. The predicted octanol–water partition coefficient (Wildman–Crippen LogP) is 2.68. The molecule has 76 valence electrons. The van der Waals surface area contributed by atoms with Gasteiger partial charge >= 0.3 is 0 Å². The Hall–Kier alpha value is -1.22. The summed E-state index contributed by atoms with van der Waals surface area (Å²) in [6, 6.07) is 2.73. The molecule has 14 heavy (non-hydrogen) atoms. The number of anilines is 2. The van der Waals surface area contributed by atoms with E-state index in [0.717, 1.165) is 0 Å². The molecule has 0 saturated carbocycles. The first-order valence-electron chi connectivity index (χ1n) is 4.12. The highest BCUT2D eigenvalue weighted by atomic mass is 35.5. The lowest BCUT2D eigenvalue weighted by Gasteiger charge is -2.19. The second kappa shape index (κ2) is 4.33. The number of benzene rings is 1. The van der Waals surface area contributed by atoms with E-state index in [1.165, 1.54) is 12.1 Å². The van der Waals surface area contributed by atoms with Crippen LogP contribution in [0.4, 0.5) is 15.8 Å². The van der Waals surface area contributed by atoms with E-state index in [9.17, 15) is 4.39 Å². The van der Waals surface area contributed by atoms with E-state index in [2.05, 4.69) is 6.58 Å². The molecule has 0 aliphatic carbocycles. The first kappa shape index (κ1) is 10.9. The summed E-state index contributed by atoms with van der Waals surface area (Å²) in [6.45, 7) is 4.24. The minimum atomic E-state index is -0.500. The maximum Gasteiger partial charge on any atom is 0.143 e. The molecular formula is C10H12ClFN2. The van der Waals surface area contributed by atoms with Crippen LogP contribution < -0.4 is 10.6 Å². The zero-order valence-corrected chi connectivity index (χ0v) is 8.68. The van der Waals surface area contributed by atoms with Gasteiger partial charge in [0.2, 0.25) is 0 Å². The Morgan fingerprint density at radius 3 is 2.86 bits per heavy atom. The van der Waals surface area contributed by atoms with Gasteiger partial charge in [-0.3, -0.25) is 0 Å². The van der Waals surface area contributed by atoms with Gasteiger partial charge in [0.1, 0.15) is 5.82 Å². The van der Waals surface area contributed by atoms with E-state index >= 15 is 0 Å². The quantitative estimate of drug-likeness (QED) is 0.619. The van der Waals surface area contributed by atoms with Crippen LogP contribution in [0.3, 0.4) is 0 Å². The van der Waals surface area contributed by atoms with E-state index in [4.69, 9.17) is 17.3 Å². The molecule has 1 rings (SSSR count). The van der Waals surface area contributed by atoms with Gasteiger partial charge in [0.15, 0.2) is 0 Å². The summed E-state index contributed by atoms with van der Waals surface area (Å²) in [4.78, 5) is 1.84. The van der Waals surface area contributed by atoms with Gasteiger partial charge in [-0.05, 0) is 6.07 Å². The zero-order valence-electron chi connectivity index (χ0n) is 7.93. The van der Waals surface area contributed by atoms with Crippen molar-refractivity contribution in [3.05, 3.63) is 35.6 Å². The van der Waals surface area contributed by atoms with E-state index in [-0.39, 0.29) is 5.02 Å². The molecule has 0 bridgehead atoms. The number of nitrogens with two attached hydrogens (primary N) is 1. The Morgan fingerprint density at radius 1 is 1.64 bits per heavy atom. The van der Waals surface area contributed by atoms with Crippen molar-refractivity contribution in [3.8, 4) is 0 Å². The summed E-state index contributed by atoms with van der Waals surface area (Å²) >= 11 is 5.65. The summed E-state index contributed by atoms with van der Waals surface area (Å²) < 4.78 is 13.0. The molecule has 2 N–H and O–H groups in total. The summed E-state index contributed by atoms with van der Waals surface area (Å²) in [5, 5.41) is 0.0742. The molecule has 1 aromatic carbocycles. The molecule has 0 heterocycles. The number of nitrogen functional groups attached to an aromatic ring is 1. The van der Waals surface area contributed by atoms with Gasteiger partial charge in [-0.2, -0.15) is 0 Å². The topological polar surface area (TPSA) is 29.3 Å². The molecule has 0 saturated heterocycles. The lowest BCUT2D eigenvalue weighted by Crippen LogP contribution is -2.18. The fourth-order valence-electron chi connectivity index (χ4n) is 1.17. The van der Waals surface area contributed by atoms with Crippen LogP contribution in [0.5, 0.6) is 0 Å². The van der Waals surface area contributed by atoms with Crippen molar-refractivity contribution in [2.45, 2.75) is 0 Å². The molecule has 4 heteroatoms. The van der Waals surface area contributed by atoms with Crippen molar-refractivity contribution in [1.82, 2.24) is 0 Å². The number of hydrogen-bond acceptors (Lipinski definition) is 2. The summed E-state index contributed by atoms with van der Waals surface area (Å²) in [6.07, 6.45) is 1.73. The van der Waals surface area contributed by atoms with Crippen LogP contribution in [-0.2, 0) is 0 Å². The summed E-state index contributed by atoms with van der Waals surface area (Å²) in [7, 11) is 1.83.